The van der Waals surface area contributed by atoms with Crippen LogP contribution < -0.4 is 10.5 Å². The summed E-state index contributed by atoms with van der Waals surface area (Å²) in [6.07, 6.45) is 1.72. The van der Waals surface area contributed by atoms with E-state index in [1.807, 2.05) is 30.3 Å². The van der Waals surface area contributed by atoms with Gasteiger partial charge in [-0.3, -0.25) is 0 Å². The maximum Gasteiger partial charge on any atom is 0.219 e. The average Bonchev–Trinajstić information content (AvgIpc) is 2.41. The summed E-state index contributed by atoms with van der Waals surface area (Å²) < 4.78 is 5.85. The first kappa shape index (κ1) is 14.4. The van der Waals surface area contributed by atoms with Gasteiger partial charge in [0.1, 0.15) is 5.75 Å². The molecule has 0 saturated heterocycles. The molecule has 2 aromatic rings. The van der Waals surface area contributed by atoms with Crippen molar-refractivity contribution >= 4 is 5.69 Å². The van der Waals surface area contributed by atoms with Gasteiger partial charge in [0, 0.05) is 18.0 Å². The lowest BCUT2D eigenvalue weighted by Crippen LogP contribution is -2.04. The number of ether oxygens (including phenoxy) is 1. The normalized spacial score (nSPS) is 11.1. The minimum atomic E-state index is 0.361. The lowest BCUT2D eigenvalue weighted by molar-refractivity contribution is 0.461. The van der Waals surface area contributed by atoms with Crippen LogP contribution in [-0.2, 0) is 0 Å². The van der Waals surface area contributed by atoms with Crippen LogP contribution >= 0.6 is 0 Å². The second-order valence-electron chi connectivity index (χ2n) is 5.59. The lowest BCUT2D eigenvalue weighted by atomic mass is 9.92. The Hall–Kier alpha value is -2.03. The molecule has 0 atom stereocenters. The summed E-state index contributed by atoms with van der Waals surface area (Å²) in [5.74, 6) is 2.12. The molecule has 1 aromatic carbocycles. The number of nitrogens with zero attached hydrogens (tertiary/aromatic N) is 1. The van der Waals surface area contributed by atoms with E-state index < -0.39 is 0 Å². The fourth-order valence-electron chi connectivity index (χ4n) is 2.21. The van der Waals surface area contributed by atoms with Crippen LogP contribution in [-0.4, -0.2) is 4.98 Å². The Balaban J connectivity index is 2.43. The molecule has 2 rings (SSSR count). The van der Waals surface area contributed by atoms with Crippen molar-refractivity contribution in [3.63, 3.8) is 0 Å². The molecule has 0 saturated carbocycles. The molecule has 3 heteroatoms. The van der Waals surface area contributed by atoms with Crippen LogP contribution in [0, 0.1) is 0 Å². The molecule has 2 N–H and O–H groups in total. The summed E-state index contributed by atoms with van der Waals surface area (Å²) in [6, 6.07) is 9.66. The van der Waals surface area contributed by atoms with Crippen molar-refractivity contribution < 1.29 is 4.74 Å². The summed E-state index contributed by atoms with van der Waals surface area (Å²) >= 11 is 0. The number of hydrogen-bond acceptors (Lipinski definition) is 3. The van der Waals surface area contributed by atoms with Crippen LogP contribution in [0.25, 0.3) is 0 Å². The number of benzene rings is 1. The molecular weight excluding hydrogens is 248 g/mol. The number of anilines is 1. The second-order valence-corrected chi connectivity index (χ2v) is 5.59. The van der Waals surface area contributed by atoms with E-state index >= 15 is 0 Å². The van der Waals surface area contributed by atoms with Crippen molar-refractivity contribution in [2.45, 2.75) is 39.5 Å². The van der Waals surface area contributed by atoms with Gasteiger partial charge in [0.05, 0.1) is 0 Å². The summed E-state index contributed by atoms with van der Waals surface area (Å²) in [6.45, 7) is 8.56. The first-order valence-electron chi connectivity index (χ1n) is 7.01. The van der Waals surface area contributed by atoms with Gasteiger partial charge in [-0.05, 0) is 41.2 Å². The van der Waals surface area contributed by atoms with Crippen molar-refractivity contribution in [2.75, 3.05) is 5.73 Å². The minimum absolute atomic E-state index is 0.361. The minimum Gasteiger partial charge on any atom is -0.439 e. The van der Waals surface area contributed by atoms with Gasteiger partial charge in [-0.1, -0.05) is 33.8 Å². The smallest absolute Gasteiger partial charge is 0.219 e. The summed E-state index contributed by atoms with van der Waals surface area (Å²) in [7, 11) is 0. The number of pyridine rings is 1. The van der Waals surface area contributed by atoms with Gasteiger partial charge in [-0.2, -0.15) is 0 Å². The summed E-state index contributed by atoms with van der Waals surface area (Å²) in [5.41, 5.74) is 9.41. The quantitative estimate of drug-likeness (QED) is 0.819. The number of hydrogen-bond donors (Lipinski definition) is 1. The second kappa shape index (κ2) is 5.95. The van der Waals surface area contributed by atoms with Gasteiger partial charge in [0.2, 0.25) is 5.88 Å². The Bertz CT molecular complexity index is 548. The number of nitrogens with two attached hydrogens (primary N) is 1. The zero-order chi connectivity index (χ0) is 14.7. The van der Waals surface area contributed by atoms with Gasteiger partial charge in [0.15, 0.2) is 0 Å². The van der Waals surface area contributed by atoms with E-state index in [1.54, 1.807) is 6.20 Å². The predicted octanol–water partition coefficient (Wildman–Crippen LogP) is 4.70. The van der Waals surface area contributed by atoms with E-state index in [0.717, 1.165) is 22.6 Å². The molecule has 0 radical (unpaired) electrons. The maximum atomic E-state index is 6.28. The third-order valence-electron chi connectivity index (χ3n) is 3.32. The van der Waals surface area contributed by atoms with E-state index in [4.69, 9.17) is 10.5 Å². The number of aromatic nitrogens is 1. The standard InChI is InChI=1S/C17H22N2O/c1-11(2)14-9-13(10-15(12(3)4)17(14)18)20-16-7-5-6-8-19-16/h5-12H,18H2,1-4H3. The van der Waals surface area contributed by atoms with E-state index in [1.165, 1.54) is 0 Å². The highest BCUT2D eigenvalue weighted by Gasteiger charge is 2.14. The van der Waals surface area contributed by atoms with Crippen LogP contribution in [0.15, 0.2) is 36.5 Å². The molecule has 1 heterocycles. The molecule has 0 aliphatic heterocycles. The van der Waals surface area contributed by atoms with Gasteiger partial charge >= 0.3 is 0 Å². The van der Waals surface area contributed by atoms with E-state index in [2.05, 4.69) is 32.7 Å². The Morgan fingerprint density at radius 3 is 2.05 bits per heavy atom. The topological polar surface area (TPSA) is 48.1 Å². The molecule has 0 aliphatic carbocycles. The third kappa shape index (κ3) is 3.10. The molecule has 0 fully saturated rings. The number of rotatable bonds is 4. The van der Waals surface area contributed by atoms with Crippen LogP contribution in [0.3, 0.4) is 0 Å². The zero-order valence-corrected chi connectivity index (χ0v) is 12.6. The molecule has 0 aliphatic rings. The van der Waals surface area contributed by atoms with Crippen molar-refractivity contribution in [3.8, 4) is 11.6 Å². The average molecular weight is 270 g/mol. The van der Waals surface area contributed by atoms with E-state index in [9.17, 15) is 0 Å². The Labute approximate surface area is 120 Å². The van der Waals surface area contributed by atoms with Crippen molar-refractivity contribution in [2.24, 2.45) is 0 Å². The van der Waals surface area contributed by atoms with Crippen molar-refractivity contribution in [3.05, 3.63) is 47.7 Å². The third-order valence-corrected chi connectivity index (χ3v) is 3.32. The van der Waals surface area contributed by atoms with Crippen LogP contribution in [0.5, 0.6) is 11.6 Å². The van der Waals surface area contributed by atoms with E-state index in [-0.39, 0.29) is 0 Å². The maximum absolute atomic E-state index is 6.28. The molecule has 3 nitrogen and oxygen atoms in total. The van der Waals surface area contributed by atoms with Crippen LogP contribution in [0.2, 0.25) is 0 Å². The Morgan fingerprint density at radius 2 is 1.60 bits per heavy atom. The fourth-order valence-corrected chi connectivity index (χ4v) is 2.21. The van der Waals surface area contributed by atoms with Gasteiger partial charge in [-0.25, -0.2) is 4.98 Å². The lowest BCUT2D eigenvalue weighted by Gasteiger charge is -2.18. The number of nitrogen functional groups attached to an aromatic ring is 1. The van der Waals surface area contributed by atoms with Gasteiger partial charge < -0.3 is 10.5 Å². The highest BCUT2D eigenvalue weighted by molar-refractivity contribution is 5.60. The molecule has 1 aromatic heterocycles. The molecule has 0 amide bonds. The molecule has 20 heavy (non-hydrogen) atoms. The molecule has 0 spiro atoms. The fraction of sp³-hybridized carbons (Fsp3) is 0.353. The molecule has 0 bridgehead atoms. The summed E-state index contributed by atoms with van der Waals surface area (Å²) in [4.78, 5) is 4.19. The SMILES string of the molecule is CC(C)c1cc(Oc2ccccn2)cc(C(C)C)c1N. The van der Waals surface area contributed by atoms with E-state index in [0.29, 0.717) is 17.7 Å². The first-order valence-corrected chi connectivity index (χ1v) is 7.01. The molecular formula is C17H22N2O. The monoisotopic (exact) mass is 270 g/mol. The largest absolute Gasteiger partial charge is 0.439 e. The highest BCUT2D eigenvalue weighted by Crippen LogP contribution is 2.35. The predicted molar refractivity (Wildman–Crippen MR) is 83.3 cm³/mol. The Kier molecular flexibility index (Phi) is 4.28. The highest BCUT2D eigenvalue weighted by atomic mass is 16.5. The van der Waals surface area contributed by atoms with Gasteiger partial charge in [-0.15, -0.1) is 0 Å². The van der Waals surface area contributed by atoms with Crippen LogP contribution in [0.1, 0.15) is 50.7 Å². The summed E-state index contributed by atoms with van der Waals surface area (Å²) in [5, 5.41) is 0. The van der Waals surface area contributed by atoms with Crippen molar-refractivity contribution in [1.82, 2.24) is 4.98 Å². The first-order chi connectivity index (χ1) is 9.49. The molecule has 106 valence electrons. The zero-order valence-electron chi connectivity index (χ0n) is 12.6. The Morgan fingerprint density at radius 1 is 1.00 bits per heavy atom. The van der Waals surface area contributed by atoms with Crippen molar-refractivity contribution in [1.29, 1.82) is 0 Å². The van der Waals surface area contributed by atoms with Gasteiger partial charge in [0.25, 0.3) is 0 Å². The molecule has 0 unspecified atom stereocenters. The van der Waals surface area contributed by atoms with Crippen LogP contribution in [0.4, 0.5) is 5.69 Å².